The highest BCUT2D eigenvalue weighted by molar-refractivity contribution is 5.75. The lowest BCUT2D eigenvalue weighted by Crippen LogP contribution is -2.37. The molecule has 88 valence electrons. The van der Waals surface area contributed by atoms with Crippen LogP contribution < -0.4 is 10.6 Å². The molecule has 1 aliphatic heterocycles. The van der Waals surface area contributed by atoms with Crippen LogP contribution in [0.3, 0.4) is 0 Å². The van der Waals surface area contributed by atoms with E-state index in [1.54, 1.807) is 7.11 Å². The Balaban J connectivity index is 2.02. The second-order valence-electron chi connectivity index (χ2n) is 4.18. The number of ether oxygens (including phenoxy) is 1. The van der Waals surface area contributed by atoms with Crippen LogP contribution in [0.5, 0.6) is 0 Å². The molecule has 2 N–H and O–H groups in total. The average molecular weight is 214 g/mol. The molecule has 1 rings (SSSR count). The maximum absolute atomic E-state index is 11.4. The first-order valence-electron chi connectivity index (χ1n) is 5.75. The van der Waals surface area contributed by atoms with Crippen LogP contribution in [0.15, 0.2) is 0 Å². The molecule has 1 fully saturated rings. The fourth-order valence-corrected chi connectivity index (χ4v) is 1.71. The predicted octanol–water partition coefficient (Wildman–Crippen LogP) is 0.670. The number of nitrogens with one attached hydrogen (secondary N) is 2. The fourth-order valence-electron chi connectivity index (χ4n) is 1.71. The second-order valence-corrected chi connectivity index (χ2v) is 4.18. The Morgan fingerprint density at radius 2 is 2.47 bits per heavy atom. The number of amides is 1. The van der Waals surface area contributed by atoms with Gasteiger partial charge >= 0.3 is 0 Å². The summed E-state index contributed by atoms with van der Waals surface area (Å²) in [4.78, 5) is 11.4. The number of hydrogen-bond acceptors (Lipinski definition) is 3. The Labute approximate surface area is 91.8 Å². The first-order valence-corrected chi connectivity index (χ1v) is 5.75. The van der Waals surface area contributed by atoms with Crippen LogP contribution in [0.4, 0.5) is 0 Å². The van der Waals surface area contributed by atoms with E-state index in [1.807, 2.05) is 6.92 Å². The zero-order valence-corrected chi connectivity index (χ0v) is 9.71. The molecule has 4 nitrogen and oxygen atoms in total. The van der Waals surface area contributed by atoms with E-state index in [1.165, 1.54) is 12.8 Å². The topological polar surface area (TPSA) is 50.4 Å². The Hall–Kier alpha value is -0.610. The zero-order valence-electron chi connectivity index (χ0n) is 9.71. The van der Waals surface area contributed by atoms with Crippen molar-refractivity contribution in [2.75, 3.05) is 20.2 Å². The summed E-state index contributed by atoms with van der Waals surface area (Å²) in [5.74, 6) is 0.132. The molecular formula is C11H22N2O2. The summed E-state index contributed by atoms with van der Waals surface area (Å²) < 4.78 is 5.09. The van der Waals surface area contributed by atoms with Crippen LogP contribution in [-0.4, -0.2) is 38.3 Å². The van der Waals surface area contributed by atoms with Crippen LogP contribution >= 0.6 is 0 Å². The van der Waals surface area contributed by atoms with Crippen molar-refractivity contribution in [3.05, 3.63) is 0 Å². The standard InChI is InChI=1S/C11H22N2O2/c1-9(15-2)5-6-11(14)13-8-10-4-3-7-12-10/h9-10,12H,3-8H2,1-2H3,(H,13,14). The van der Waals surface area contributed by atoms with Crippen molar-refractivity contribution in [3.8, 4) is 0 Å². The summed E-state index contributed by atoms with van der Waals surface area (Å²) in [6, 6.07) is 0.480. The number of carbonyl (C=O) groups excluding carboxylic acids is 1. The van der Waals surface area contributed by atoms with Crippen molar-refractivity contribution in [1.29, 1.82) is 0 Å². The van der Waals surface area contributed by atoms with Gasteiger partial charge in [0, 0.05) is 26.1 Å². The molecule has 0 aromatic carbocycles. The highest BCUT2D eigenvalue weighted by Gasteiger charge is 2.14. The molecule has 0 aromatic heterocycles. The number of rotatable bonds is 6. The van der Waals surface area contributed by atoms with Crippen molar-refractivity contribution >= 4 is 5.91 Å². The lowest BCUT2D eigenvalue weighted by molar-refractivity contribution is -0.121. The zero-order chi connectivity index (χ0) is 11.1. The first kappa shape index (κ1) is 12.5. The van der Waals surface area contributed by atoms with Crippen molar-refractivity contribution in [1.82, 2.24) is 10.6 Å². The third-order valence-corrected chi connectivity index (χ3v) is 2.89. The largest absolute Gasteiger partial charge is 0.382 e. The molecule has 4 heteroatoms. The Morgan fingerprint density at radius 3 is 3.07 bits per heavy atom. The SMILES string of the molecule is COC(C)CCC(=O)NCC1CCCN1. The van der Waals surface area contributed by atoms with E-state index in [0.29, 0.717) is 12.5 Å². The molecule has 0 aliphatic carbocycles. The molecule has 1 heterocycles. The Kier molecular flexibility index (Phi) is 5.65. The highest BCUT2D eigenvalue weighted by Crippen LogP contribution is 2.04. The fraction of sp³-hybridized carbons (Fsp3) is 0.909. The first-order chi connectivity index (χ1) is 7.22. The van der Waals surface area contributed by atoms with E-state index in [9.17, 15) is 4.79 Å². The summed E-state index contributed by atoms with van der Waals surface area (Å²) in [6.45, 7) is 3.83. The minimum absolute atomic E-state index is 0.132. The quantitative estimate of drug-likeness (QED) is 0.683. The van der Waals surface area contributed by atoms with E-state index in [4.69, 9.17) is 4.74 Å². The van der Waals surface area contributed by atoms with Gasteiger partial charge in [-0.1, -0.05) is 0 Å². The molecule has 2 unspecified atom stereocenters. The third kappa shape index (κ3) is 5.14. The maximum atomic E-state index is 11.4. The average Bonchev–Trinajstić information content (AvgIpc) is 2.75. The molecule has 1 saturated heterocycles. The normalized spacial score (nSPS) is 22.7. The lowest BCUT2D eigenvalue weighted by Gasteiger charge is -2.12. The third-order valence-electron chi connectivity index (χ3n) is 2.89. The van der Waals surface area contributed by atoms with Gasteiger partial charge in [0.2, 0.25) is 5.91 Å². The van der Waals surface area contributed by atoms with Gasteiger partial charge in [-0.3, -0.25) is 4.79 Å². The van der Waals surface area contributed by atoms with Gasteiger partial charge in [0.15, 0.2) is 0 Å². The van der Waals surface area contributed by atoms with E-state index in [-0.39, 0.29) is 12.0 Å². The van der Waals surface area contributed by atoms with Gasteiger partial charge < -0.3 is 15.4 Å². The predicted molar refractivity (Wildman–Crippen MR) is 59.7 cm³/mol. The smallest absolute Gasteiger partial charge is 0.220 e. The van der Waals surface area contributed by atoms with Crippen LogP contribution in [0, 0.1) is 0 Å². The maximum Gasteiger partial charge on any atom is 0.220 e. The van der Waals surface area contributed by atoms with Gasteiger partial charge in [-0.15, -0.1) is 0 Å². The Bertz CT molecular complexity index is 191. The Morgan fingerprint density at radius 1 is 1.67 bits per heavy atom. The molecule has 0 aromatic rings. The van der Waals surface area contributed by atoms with E-state index in [0.717, 1.165) is 19.5 Å². The number of methoxy groups -OCH3 is 1. The van der Waals surface area contributed by atoms with E-state index >= 15 is 0 Å². The van der Waals surface area contributed by atoms with Gasteiger partial charge in [-0.2, -0.15) is 0 Å². The number of hydrogen-bond donors (Lipinski definition) is 2. The number of carbonyl (C=O) groups is 1. The van der Waals surface area contributed by atoms with Crippen LogP contribution in [-0.2, 0) is 9.53 Å². The molecule has 0 spiro atoms. The molecule has 1 aliphatic rings. The van der Waals surface area contributed by atoms with Gasteiger partial charge in [0.05, 0.1) is 6.10 Å². The molecule has 0 radical (unpaired) electrons. The summed E-state index contributed by atoms with van der Waals surface area (Å²) in [5, 5.41) is 6.30. The monoisotopic (exact) mass is 214 g/mol. The van der Waals surface area contributed by atoms with Gasteiger partial charge in [0.25, 0.3) is 0 Å². The molecule has 1 amide bonds. The minimum atomic E-state index is 0.132. The van der Waals surface area contributed by atoms with Gasteiger partial charge in [0.1, 0.15) is 0 Å². The highest BCUT2D eigenvalue weighted by atomic mass is 16.5. The molecule has 0 bridgehead atoms. The summed E-state index contributed by atoms with van der Waals surface area (Å²) in [6.07, 6.45) is 3.92. The summed E-state index contributed by atoms with van der Waals surface area (Å²) in [5.41, 5.74) is 0. The van der Waals surface area contributed by atoms with Crippen LogP contribution in [0.1, 0.15) is 32.6 Å². The molecular weight excluding hydrogens is 192 g/mol. The lowest BCUT2D eigenvalue weighted by atomic mass is 10.2. The van der Waals surface area contributed by atoms with Crippen molar-refractivity contribution in [2.45, 2.75) is 44.8 Å². The van der Waals surface area contributed by atoms with Gasteiger partial charge in [-0.05, 0) is 32.7 Å². The molecule has 0 saturated carbocycles. The van der Waals surface area contributed by atoms with E-state index in [2.05, 4.69) is 10.6 Å². The van der Waals surface area contributed by atoms with Crippen LogP contribution in [0.25, 0.3) is 0 Å². The van der Waals surface area contributed by atoms with Crippen LogP contribution in [0.2, 0.25) is 0 Å². The van der Waals surface area contributed by atoms with Crippen molar-refractivity contribution in [2.24, 2.45) is 0 Å². The van der Waals surface area contributed by atoms with Crippen molar-refractivity contribution < 1.29 is 9.53 Å². The minimum Gasteiger partial charge on any atom is -0.382 e. The van der Waals surface area contributed by atoms with Crippen molar-refractivity contribution in [3.63, 3.8) is 0 Å². The van der Waals surface area contributed by atoms with Gasteiger partial charge in [-0.25, -0.2) is 0 Å². The second kappa shape index (κ2) is 6.80. The molecule has 2 atom stereocenters. The molecule has 15 heavy (non-hydrogen) atoms. The summed E-state index contributed by atoms with van der Waals surface area (Å²) >= 11 is 0. The summed E-state index contributed by atoms with van der Waals surface area (Å²) in [7, 11) is 1.67. The van der Waals surface area contributed by atoms with E-state index < -0.39 is 0 Å².